The minimum absolute atomic E-state index is 0.622. The maximum atomic E-state index is 5.69. The van der Waals surface area contributed by atoms with E-state index in [0.717, 1.165) is 12.5 Å². The maximum Gasteiger partial charge on any atom is 0.0236 e. The van der Waals surface area contributed by atoms with Gasteiger partial charge in [0.15, 0.2) is 0 Å². The second-order valence-electron chi connectivity index (χ2n) is 5.49. The van der Waals surface area contributed by atoms with Crippen LogP contribution in [0.1, 0.15) is 37.8 Å². The summed E-state index contributed by atoms with van der Waals surface area (Å²) in [6.07, 6.45) is 2.85. The second-order valence-corrected chi connectivity index (χ2v) is 5.49. The summed E-state index contributed by atoms with van der Waals surface area (Å²) in [6.45, 7) is 7.52. The van der Waals surface area contributed by atoms with E-state index < -0.39 is 0 Å². The van der Waals surface area contributed by atoms with Crippen molar-refractivity contribution in [2.24, 2.45) is 11.7 Å². The van der Waals surface area contributed by atoms with Crippen LogP contribution in [0.4, 0.5) is 0 Å². The molecular weight excluding hydrogens is 208 g/mol. The van der Waals surface area contributed by atoms with Crippen molar-refractivity contribution in [3.05, 3.63) is 35.4 Å². The minimum atomic E-state index is 0.622. The Balaban J connectivity index is 1.99. The smallest absolute Gasteiger partial charge is 0.0236 e. The van der Waals surface area contributed by atoms with E-state index in [9.17, 15) is 0 Å². The van der Waals surface area contributed by atoms with E-state index in [1.807, 2.05) is 0 Å². The fourth-order valence-electron chi connectivity index (χ4n) is 2.18. The molecule has 0 spiro atoms. The van der Waals surface area contributed by atoms with Crippen LogP contribution in [0.5, 0.6) is 0 Å². The molecule has 0 radical (unpaired) electrons. The average molecular weight is 232 g/mol. The molecule has 0 saturated heterocycles. The zero-order valence-corrected chi connectivity index (χ0v) is 11.0. The molecule has 1 fully saturated rings. The van der Waals surface area contributed by atoms with E-state index in [1.54, 1.807) is 0 Å². The van der Waals surface area contributed by atoms with Crippen molar-refractivity contribution >= 4 is 0 Å². The molecule has 0 bridgehead atoms. The predicted molar refractivity (Wildman–Crippen MR) is 72.6 cm³/mol. The van der Waals surface area contributed by atoms with Gasteiger partial charge in [0, 0.05) is 25.7 Å². The molecule has 1 aromatic carbocycles. The fourth-order valence-corrected chi connectivity index (χ4v) is 2.18. The SMILES string of the molecule is CC(C)N(Cc1cccc(CN)c1)CC1CC1. The van der Waals surface area contributed by atoms with E-state index in [1.165, 1.54) is 30.5 Å². The normalized spacial score (nSPS) is 15.8. The molecule has 2 N–H and O–H groups in total. The zero-order chi connectivity index (χ0) is 12.3. The highest BCUT2D eigenvalue weighted by Gasteiger charge is 2.25. The molecule has 94 valence electrons. The Hall–Kier alpha value is -0.860. The first-order chi connectivity index (χ1) is 8.19. The van der Waals surface area contributed by atoms with Crippen molar-refractivity contribution in [3.63, 3.8) is 0 Å². The van der Waals surface area contributed by atoms with Crippen LogP contribution in [-0.2, 0) is 13.1 Å². The van der Waals surface area contributed by atoms with Crippen LogP contribution >= 0.6 is 0 Å². The molecule has 1 saturated carbocycles. The molecular formula is C15H24N2. The van der Waals surface area contributed by atoms with Crippen molar-refractivity contribution in [3.8, 4) is 0 Å². The van der Waals surface area contributed by atoms with Crippen molar-refractivity contribution in [2.45, 2.75) is 45.8 Å². The van der Waals surface area contributed by atoms with Crippen LogP contribution in [0.2, 0.25) is 0 Å². The third-order valence-electron chi connectivity index (χ3n) is 3.53. The van der Waals surface area contributed by atoms with Gasteiger partial charge in [0.05, 0.1) is 0 Å². The highest BCUT2D eigenvalue weighted by molar-refractivity contribution is 5.23. The number of nitrogens with two attached hydrogens (primary N) is 1. The molecule has 0 atom stereocenters. The quantitative estimate of drug-likeness (QED) is 0.817. The van der Waals surface area contributed by atoms with E-state index >= 15 is 0 Å². The summed E-state index contributed by atoms with van der Waals surface area (Å²) in [5, 5.41) is 0. The van der Waals surface area contributed by atoms with Crippen LogP contribution in [-0.4, -0.2) is 17.5 Å². The summed E-state index contributed by atoms with van der Waals surface area (Å²) in [4.78, 5) is 2.58. The Bertz CT molecular complexity index is 356. The summed E-state index contributed by atoms with van der Waals surface area (Å²) in [6, 6.07) is 9.29. The molecule has 0 unspecified atom stereocenters. The molecule has 2 rings (SSSR count). The van der Waals surface area contributed by atoms with Crippen LogP contribution < -0.4 is 5.73 Å². The third kappa shape index (κ3) is 3.83. The lowest BCUT2D eigenvalue weighted by Gasteiger charge is -2.26. The highest BCUT2D eigenvalue weighted by atomic mass is 15.1. The number of nitrogens with zero attached hydrogens (tertiary/aromatic N) is 1. The van der Waals surface area contributed by atoms with Gasteiger partial charge in [-0.3, -0.25) is 4.90 Å². The molecule has 0 aromatic heterocycles. The fraction of sp³-hybridized carbons (Fsp3) is 0.600. The number of hydrogen-bond donors (Lipinski definition) is 1. The molecule has 1 aromatic rings. The number of hydrogen-bond acceptors (Lipinski definition) is 2. The predicted octanol–water partition coefficient (Wildman–Crippen LogP) is 2.77. The van der Waals surface area contributed by atoms with Crippen LogP contribution in [0.15, 0.2) is 24.3 Å². The molecule has 1 aliphatic rings. The van der Waals surface area contributed by atoms with Crippen molar-refractivity contribution in [2.75, 3.05) is 6.54 Å². The topological polar surface area (TPSA) is 29.3 Å². The number of benzene rings is 1. The lowest BCUT2D eigenvalue weighted by atomic mass is 10.1. The Morgan fingerprint density at radius 3 is 2.59 bits per heavy atom. The molecule has 0 aliphatic heterocycles. The van der Waals surface area contributed by atoms with Gasteiger partial charge in [-0.25, -0.2) is 0 Å². The minimum Gasteiger partial charge on any atom is -0.326 e. The van der Waals surface area contributed by atoms with E-state index in [-0.39, 0.29) is 0 Å². The largest absolute Gasteiger partial charge is 0.326 e. The summed E-state index contributed by atoms with van der Waals surface area (Å²) in [7, 11) is 0. The summed E-state index contributed by atoms with van der Waals surface area (Å²) in [5.74, 6) is 0.954. The molecule has 1 aliphatic carbocycles. The van der Waals surface area contributed by atoms with Crippen molar-refractivity contribution in [1.29, 1.82) is 0 Å². The van der Waals surface area contributed by atoms with Gasteiger partial charge >= 0.3 is 0 Å². The highest BCUT2D eigenvalue weighted by Crippen LogP contribution is 2.30. The average Bonchev–Trinajstić information content (AvgIpc) is 3.12. The number of rotatable bonds is 6. The summed E-state index contributed by atoms with van der Waals surface area (Å²) < 4.78 is 0. The lowest BCUT2D eigenvalue weighted by Crippen LogP contribution is -2.32. The van der Waals surface area contributed by atoms with Gasteiger partial charge in [0.1, 0.15) is 0 Å². The summed E-state index contributed by atoms with van der Waals surface area (Å²) >= 11 is 0. The van der Waals surface area contributed by atoms with Gasteiger partial charge in [-0.05, 0) is 43.7 Å². The van der Waals surface area contributed by atoms with E-state index in [0.29, 0.717) is 12.6 Å². The maximum absolute atomic E-state index is 5.69. The summed E-state index contributed by atoms with van der Waals surface area (Å²) in [5.41, 5.74) is 8.31. The first-order valence-corrected chi connectivity index (χ1v) is 6.71. The lowest BCUT2D eigenvalue weighted by molar-refractivity contribution is 0.204. The zero-order valence-electron chi connectivity index (χ0n) is 11.0. The van der Waals surface area contributed by atoms with E-state index in [2.05, 4.69) is 43.0 Å². The van der Waals surface area contributed by atoms with Crippen LogP contribution in [0.25, 0.3) is 0 Å². The van der Waals surface area contributed by atoms with E-state index in [4.69, 9.17) is 5.73 Å². The molecule has 0 amide bonds. The van der Waals surface area contributed by atoms with Gasteiger partial charge in [0.2, 0.25) is 0 Å². The van der Waals surface area contributed by atoms with Gasteiger partial charge in [-0.1, -0.05) is 24.3 Å². The van der Waals surface area contributed by atoms with Gasteiger partial charge < -0.3 is 5.73 Å². The first-order valence-electron chi connectivity index (χ1n) is 6.71. The molecule has 0 heterocycles. The Morgan fingerprint density at radius 2 is 2.00 bits per heavy atom. The van der Waals surface area contributed by atoms with Crippen LogP contribution in [0.3, 0.4) is 0 Å². The third-order valence-corrected chi connectivity index (χ3v) is 3.53. The second kappa shape index (κ2) is 5.65. The Morgan fingerprint density at radius 1 is 1.29 bits per heavy atom. The van der Waals surface area contributed by atoms with Crippen LogP contribution in [0, 0.1) is 5.92 Å². The monoisotopic (exact) mass is 232 g/mol. The Kier molecular flexibility index (Phi) is 4.19. The standard InChI is InChI=1S/C15H24N2/c1-12(2)17(10-13-6-7-13)11-15-5-3-4-14(8-15)9-16/h3-5,8,12-13H,6-7,9-11,16H2,1-2H3. The first kappa shape index (κ1) is 12.6. The van der Waals surface area contributed by atoms with Gasteiger partial charge in [-0.2, -0.15) is 0 Å². The Labute approximate surface area is 105 Å². The van der Waals surface area contributed by atoms with Crippen molar-refractivity contribution in [1.82, 2.24) is 4.90 Å². The van der Waals surface area contributed by atoms with Gasteiger partial charge in [0.25, 0.3) is 0 Å². The van der Waals surface area contributed by atoms with Gasteiger partial charge in [-0.15, -0.1) is 0 Å². The molecule has 2 nitrogen and oxygen atoms in total. The van der Waals surface area contributed by atoms with Crippen molar-refractivity contribution < 1.29 is 0 Å². The molecule has 2 heteroatoms. The molecule has 17 heavy (non-hydrogen) atoms.